The van der Waals surface area contributed by atoms with Crippen molar-refractivity contribution < 1.29 is 19.1 Å². The molecule has 0 radical (unpaired) electrons. The Labute approximate surface area is 509 Å². The topological polar surface area (TPSA) is 55.8 Å². The van der Waals surface area contributed by atoms with Gasteiger partial charge in [-0.15, -0.1) is 0 Å². The van der Waals surface area contributed by atoms with Crippen molar-refractivity contribution in [2.24, 2.45) is 10.8 Å². The third kappa shape index (κ3) is 8.31. The Morgan fingerprint density at radius 2 is 0.690 bits per heavy atom. The summed E-state index contributed by atoms with van der Waals surface area (Å²) < 4.78 is 14.8. The van der Waals surface area contributed by atoms with Crippen LogP contribution in [0.4, 0.5) is 5.69 Å². The van der Waals surface area contributed by atoms with Gasteiger partial charge in [-0.05, 0) is 191 Å². The molecule has 14 aromatic carbocycles. The molecular formula is C82H75NO4. The molecule has 0 fully saturated rings. The van der Waals surface area contributed by atoms with Crippen molar-refractivity contribution >= 4 is 125 Å². The highest BCUT2D eigenvalue weighted by Crippen LogP contribution is 2.56. The van der Waals surface area contributed by atoms with Crippen LogP contribution in [-0.4, -0.2) is 11.8 Å². The summed E-state index contributed by atoms with van der Waals surface area (Å²) in [5.41, 5.74) is 5.86. The van der Waals surface area contributed by atoms with Crippen LogP contribution in [0.1, 0.15) is 165 Å². The number of ether oxygens (including phenoxy) is 2. The average molecular weight is 1140 g/mol. The van der Waals surface area contributed by atoms with Gasteiger partial charge in [0.15, 0.2) is 0 Å². The molecule has 0 saturated heterocycles. The number of anilines is 1. The van der Waals surface area contributed by atoms with Gasteiger partial charge < -0.3 is 9.47 Å². The van der Waals surface area contributed by atoms with Gasteiger partial charge in [0.25, 0.3) is 11.8 Å². The van der Waals surface area contributed by atoms with E-state index in [9.17, 15) is 0 Å². The van der Waals surface area contributed by atoms with Crippen LogP contribution in [0.3, 0.4) is 0 Å². The molecule has 1 aliphatic heterocycles. The number of fused-ring (bicyclic) bond motifs is 6. The third-order valence-electron chi connectivity index (χ3n) is 19.4. The molecule has 0 saturated carbocycles. The van der Waals surface area contributed by atoms with Gasteiger partial charge in [-0.25, -0.2) is 4.90 Å². The predicted molar refractivity (Wildman–Crippen MR) is 368 cm³/mol. The summed E-state index contributed by atoms with van der Waals surface area (Å²) in [5.74, 6) is 1.66. The summed E-state index contributed by atoms with van der Waals surface area (Å²) in [5, 5.41) is 22.0. The summed E-state index contributed by atoms with van der Waals surface area (Å²) in [7, 11) is 0. The van der Waals surface area contributed by atoms with Gasteiger partial charge in [0.05, 0.1) is 16.8 Å². The second kappa shape index (κ2) is 18.9. The molecule has 0 unspecified atom stereocenters. The molecule has 0 N–H and O–H groups in total. The van der Waals surface area contributed by atoms with Crippen molar-refractivity contribution in [3.63, 3.8) is 0 Å². The number of hydrogen-bond acceptors (Lipinski definition) is 4. The van der Waals surface area contributed by atoms with E-state index >= 15 is 9.59 Å². The molecule has 5 nitrogen and oxygen atoms in total. The second-order valence-corrected chi connectivity index (χ2v) is 29.7. The van der Waals surface area contributed by atoms with Gasteiger partial charge in [0.2, 0.25) is 0 Å². The molecule has 0 atom stereocenters. The lowest BCUT2D eigenvalue weighted by Gasteiger charge is -2.34. The lowest BCUT2D eigenvalue weighted by Crippen LogP contribution is -2.42. The monoisotopic (exact) mass is 1140 g/mol. The summed E-state index contributed by atoms with van der Waals surface area (Å²) in [6, 6.07) is 59.0. The minimum atomic E-state index is -0.377. The number of para-hydroxylation sites is 1. The standard InChI is InChI=1S/C82H75NO4/c1-44(2)51-20-17-21-52(45(3)4)76(51)83-77(84)63-40-65(86-49-28-24-47(25-29-49)81(11,12)42-79(5,6)7)73-61-38-36-59-57-34-32-55-53-22-15-18-46-19-16-23-54(67(46)53)56-33-35-58(69(57)68(55)56)60-37-39-62(71(61)70(59)60)74-66(41-64(78(83)85)72(63)75(73)74)87-50-30-26-48(27-31-50)82(13,14)43-80(8,9)10/h15-41,44-45H,42-43H2,1-14H3. The first kappa shape index (κ1) is 54.8. The maximum atomic E-state index is 16.1. The van der Waals surface area contributed by atoms with Gasteiger partial charge in [-0.1, -0.05) is 224 Å². The molecule has 432 valence electrons. The van der Waals surface area contributed by atoms with Crippen molar-refractivity contribution in [2.75, 3.05) is 4.90 Å². The molecule has 87 heavy (non-hydrogen) atoms. The number of nitrogens with zero attached hydrogens (tertiary/aromatic N) is 1. The first-order valence-electron chi connectivity index (χ1n) is 31.4. The SMILES string of the molecule is CC(C)c1cccc(C(C)C)c1N1C(=O)c2cc(Oc3ccc(C(C)(C)CC(C)(C)C)cc3)c3c4ccc5c6ccc7c8cccc9cccc(c%10ccc(c%11ccc(c%12c(Oc%13ccc(C(C)(C)CC(C)(C)C)cc%13)cc(c2c3%12)C1=O)c4c5%11)c6c7%10)c98. The fourth-order valence-corrected chi connectivity index (χ4v) is 16.5. The van der Waals surface area contributed by atoms with Crippen LogP contribution in [-0.2, 0) is 10.8 Å². The summed E-state index contributed by atoms with van der Waals surface area (Å²) in [6.07, 6.45) is 2.00. The Morgan fingerprint density at radius 1 is 0.356 bits per heavy atom. The molecule has 0 spiro atoms. The van der Waals surface area contributed by atoms with Crippen LogP contribution in [0, 0.1) is 10.8 Å². The van der Waals surface area contributed by atoms with Crippen molar-refractivity contribution in [1.29, 1.82) is 0 Å². The zero-order valence-electron chi connectivity index (χ0n) is 52.7. The highest BCUT2D eigenvalue weighted by Gasteiger charge is 2.41. The fourth-order valence-electron chi connectivity index (χ4n) is 16.5. The van der Waals surface area contributed by atoms with Gasteiger partial charge in [-0.2, -0.15) is 0 Å². The Bertz CT molecular complexity index is 4900. The van der Waals surface area contributed by atoms with Crippen molar-refractivity contribution in [3.8, 4) is 23.0 Å². The molecule has 0 bridgehead atoms. The van der Waals surface area contributed by atoms with E-state index < -0.39 is 0 Å². The van der Waals surface area contributed by atoms with E-state index in [1.165, 1.54) is 69.9 Å². The minimum absolute atomic E-state index is 0.0200. The molecule has 2 amide bonds. The van der Waals surface area contributed by atoms with Gasteiger partial charge in [-0.3, -0.25) is 9.59 Å². The van der Waals surface area contributed by atoms with Gasteiger partial charge >= 0.3 is 0 Å². The Hall–Kier alpha value is -8.80. The lowest BCUT2D eigenvalue weighted by molar-refractivity contribution is 0.0892. The van der Waals surface area contributed by atoms with Crippen LogP contribution < -0.4 is 14.4 Å². The third-order valence-corrected chi connectivity index (χ3v) is 19.4. The lowest BCUT2D eigenvalue weighted by atomic mass is 9.72. The van der Waals surface area contributed by atoms with Crippen LogP contribution in [0.15, 0.2) is 164 Å². The van der Waals surface area contributed by atoms with E-state index in [0.29, 0.717) is 45.2 Å². The molecule has 0 aliphatic carbocycles. The maximum absolute atomic E-state index is 16.1. The highest BCUT2D eigenvalue weighted by atomic mass is 16.5. The molecule has 1 aliphatic rings. The van der Waals surface area contributed by atoms with Crippen LogP contribution in [0.25, 0.3) is 108 Å². The van der Waals surface area contributed by atoms with Crippen molar-refractivity contribution in [3.05, 3.63) is 197 Å². The van der Waals surface area contributed by atoms with E-state index in [2.05, 4.69) is 243 Å². The largest absolute Gasteiger partial charge is 0.457 e. The molecule has 15 rings (SSSR count). The first-order valence-corrected chi connectivity index (χ1v) is 31.4. The normalized spacial score (nSPS) is 14.0. The average Bonchev–Trinajstić information content (AvgIpc) is 0.715. The number of hydrogen-bond donors (Lipinski definition) is 0. The van der Waals surface area contributed by atoms with Crippen molar-refractivity contribution in [2.45, 2.75) is 132 Å². The quantitative estimate of drug-likeness (QED) is 0.0736. The Balaban J connectivity index is 1.05. The number of rotatable bonds is 11. The van der Waals surface area contributed by atoms with E-state index in [0.717, 1.165) is 72.4 Å². The summed E-state index contributed by atoms with van der Waals surface area (Å²) in [4.78, 5) is 33.7. The summed E-state index contributed by atoms with van der Waals surface area (Å²) in [6.45, 7) is 31.5. The van der Waals surface area contributed by atoms with E-state index in [1.807, 2.05) is 18.2 Å². The highest BCUT2D eigenvalue weighted by molar-refractivity contribution is 6.49. The summed E-state index contributed by atoms with van der Waals surface area (Å²) >= 11 is 0. The Morgan fingerprint density at radius 3 is 1.05 bits per heavy atom. The molecule has 0 aromatic heterocycles. The van der Waals surface area contributed by atoms with Gasteiger partial charge in [0, 0.05) is 21.5 Å². The molecule has 1 heterocycles. The van der Waals surface area contributed by atoms with Gasteiger partial charge in [0.1, 0.15) is 23.0 Å². The van der Waals surface area contributed by atoms with Crippen LogP contribution in [0.5, 0.6) is 23.0 Å². The number of amides is 2. The second-order valence-electron chi connectivity index (χ2n) is 29.7. The minimum Gasteiger partial charge on any atom is -0.457 e. The van der Waals surface area contributed by atoms with Crippen LogP contribution in [0.2, 0.25) is 0 Å². The smallest absolute Gasteiger partial charge is 0.266 e. The Kier molecular flexibility index (Phi) is 11.9. The number of imide groups is 1. The van der Waals surface area contributed by atoms with E-state index in [-0.39, 0.29) is 45.3 Å². The predicted octanol–water partition coefficient (Wildman–Crippen LogP) is 23.6. The zero-order valence-corrected chi connectivity index (χ0v) is 52.7. The van der Waals surface area contributed by atoms with E-state index in [4.69, 9.17) is 9.47 Å². The number of carbonyl (C=O) groups is 2. The first-order chi connectivity index (χ1) is 41.4. The van der Waals surface area contributed by atoms with Crippen molar-refractivity contribution in [1.82, 2.24) is 0 Å². The number of benzene rings is 14. The number of carbonyl (C=O) groups excluding carboxylic acids is 2. The van der Waals surface area contributed by atoms with Crippen LogP contribution >= 0.6 is 0 Å². The maximum Gasteiger partial charge on any atom is 0.266 e. The fraction of sp³-hybridized carbons (Fsp3) is 0.268. The zero-order chi connectivity index (χ0) is 60.7. The molecular weight excluding hydrogens is 1060 g/mol. The van der Waals surface area contributed by atoms with E-state index in [1.54, 1.807) is 0 Å². The molecule has 5 heteroatoms. The molecule has 14 aromatic rings.